The molecule has 1 unspecified atom stereocenters. The molecule has 1 rings (SSSR count). The Kier molecular flexibility index (Phi) is 15.6. The number of nitrogens with one attached hydrogen (secondary N) is 1. The first-order valence-corrected chi connectivity index (χ1v) is 11.6. The number of unbranched alkanes of at least 4 members (excludes halogenated alkanes) is 1. The quantitative estimate of drug-likeness (QED) is 0.186. The summed E-state index contributed by atoms with van der Waals surface area (Å²) in [7, 11) is 0. The van der Waals surface area contributed by atoms with Gasteiger partial charge in [0.25, 0.3) is 0 Å². The standard InChI is InChI=1S/C23H40N2O7/c1-3-9-29-11-13-31-16-21(26)20-15-19(20)7-10-30-12-14-32-17-22(27)25-8-5-4-6-18(2)23(24)28/h15,18,20H,3-14,16-17H2,1-2H3,(H2,24,28)(H,25,27)/t18-,20?/m0/s1. The van der Waals surface area contributed by atoms with Crippen molar-refractivity contribution in [2.24, 2.45) is 17.6 Å². The van der Waals surface area contributed by atoms with Crippen LogP contribution in [0.1, 0.15) is 46.0 Å². The van der Waals surface area contributed by atoms with Crippen LogP contribution in [0.5, 0.6) is 0 Å². The predicted molar refractivity (Wildman–Crippen MR) is 120 cm³/mol. The molecule has 0 saturated carbocycles. The summed E-state index contributed by atoms with van der Waals surface area (Å²) in [5.41, 5.74) is 6.29. The molecule has 0 aromatic rings. The highest BCUT2D eigenvalue weighted by Gasteiger charge is 2.30. The van der Waals surface area contributed by atoms with Crippen LogP contribution in [0.3, 0.4) is 0 Å². The van der Waals surface area contributed by atoms with Crippen molar-refractivity contribution in [3.8, 4) is 0 Å². The van der Waals surface area contributed by atoms with E-state index in [0.29, 0.717) is 52.6 Å². The number of hydrogen-bond acceptors (Lipinski definition) is 7. The maximum absolute atomic E-state index is 12.0. The van der Waals surface area contributed by atoms with Crippen molar-refractivity contribution >= 4 is 17.6 Å². The fourth-order valence-electron chi connectivity index (χ4n) is 2.90. The molecule has 1 aliphatic carbocycles. The summed E-state index contributed by atoms with van der Waals surface area (Å²) < 4.78 is 21.4. The highest BCUT2D eigenvalue weighted by molar-refractivity contribution is 5.90. The minimum absolute atomic E-state index is 0.00768. The van der Waals surface area contributed by atoms with Crippen LogP contribution in [0.15, 0.2) is 11.6 Å². The molecule has 1 aliphatic rings. The first-order valence-electron chi connectivity index (χ1n) is 11.6. The zero-order chi connectivity index (χ0) is 23.6. The highest BCUT2D eigenvalue weighted by atomic mass is 16.5. The molecule has 0 aromatic carbocycles. The Morgan fingerprint density at radius 3 is 2.31 bits per heavy atom. The Bertz CT molecular complexity index is 595. The fraction of sp³-hybridized carbons (Fsp3) is 0.783. The van der Waals surface area contributed by atoms with Crippen molar-refractivity contribution in [1.82, 2.24) is 5.32 Å². The molecule has 184 valence electrons. The average molecular weight is 457 g/mol. The summed E-state index contributed by atoms with van der Waals surface area (Å²) in [5, 5.41) is 2.78. The number of carbonyl (C=O) groups is 3. The normalized spacial score (nSPS) is 15.8. The van der Waals surface area contributed by atoms with E-state index in [1.165, 1.54) is 0 Å². The van der Waals surface area contributed by atoms with Gasteiger partial charge in [0.15, 0.2) is 5.78 Å². The molecule has 0 bridgehead atoms. The van der Waals surface area contributed by atoms with Gasteiger partial charge in [-0.05, 0) is 25.7 Å². The number of ether oxygens (including phenoxy) is 4. The second-order valence-electron chi connectivity index (χ2n) is 7.91. The Balaban J connectivity index is 1.86. The van der Waals surface area contributed by atoms with E-state index in [-0.39, 0.29) is 42.6 Å². The predicted octanol–water partition coefficient (Wildman–Crippen LogP) is 1.39. The van der Waals surface area contributed by atoms with E-state index >= 15 is 0 Å². The Labute approximate surface area is 191 Å². The van der Waals surface area contributed by atoms with Gasteiger partial charge in [0.05, 0.1) is 39.0 Å². The summed E-state index contributed by atoms with van der Waals surface area (Å²) in [5.74, 6) is -0.620. The van der Waals surface area contributed by atoms with Crippen LogP contribution in [0, 0.1) is 11.8 Å². The topological polar surface area (TPSA) is 126 Å². The minimum Gasteiger partial charge on any atom is -0.379 e. The van der Waals surface area contributed by atoms with Gasteiger partial charge < -0.3 is 30.0 Å². The van der Waals surface area contributed by atoms with Crippen LogP contribution in [-0.2, 0) is 33.3 Å². The number of carbonyl (C=O) groups excluding carboxylic acids is 3. The van der Waals surface area contributed by atoms with Gasteiger partial charge in [-0.15, -0.1) is 0 Å². The number of primary amides is 1. The van der Waals surface area contributed by atoms with Gasteiger partial charge in [-0.3, -0.25) is 14.4 Å². The van der Waals surface area contributed by atoms with Gasteiger partial charge in [-0.25, -0.2) is 0 Å². The third kappa shape index (κ3) is 14.3. The van der Waals surface area contributed by atoms with E-state index in [9.17, 15) is 14.4 Å². The number of amides is 2. The van der Waals surface area contributed by atoms with Crippen LogP contribution < -0.4 is 11.1 Å². The largest absolute Gasteiger partial charge is 0.379 e. The molecule has 32 heavy (non-hydrogen) atoms. The number of rotatable bonds is 22. The lowest BCUT2D eigenvalue weighted by molar-refractivity contribution is -0.126. The zero-order valence-corrected chi connectivity index (χ0v) is 19.6. The first-order chi connectivity index (χ1) is 15.5. The van der Waals surface area contributed by atoms with Crippen LogP contribution in [-0.4, -0.2) is 77.0 Å². The van der Waals surface area contributed by atoms with Crippen LogP contribution in [0.25, 0.3) is 0 Å². The Morgan fingerprint density at radius 1 is 0.969 bits per heavy atom. The molecule has 0 aliphatic heterocycles. The van der Waals surface area contributed by atoms with E-state index < -0.39 is 0 Å². The molecular weight excluding hydrogens is 416 g/mol. The maximum Gasteiger partial charge on any atom is 0.245 e. The van der Waals surface area contributed by atoms with Crippen LogP contribution >= 0.6 is 0 Å². The Hall–Kier alpha value is -1.81. The number of Topliss-reactive ketones (excluding diaryl/α,β-unsaturated/α-hetero) is 1. The molecule has 0 saturated heterocycles. The summed E-state index contributed by atoms with van der Waals surface area (Å²) in [4.78, 5) is 34.6. The lowest BCUT2D eigenvalue weighted by Crippen LogP contribution is -2.29. The molecule has 2 amide bonds. The van der Waals surface area contributed by atoms with E-state index in [1.807, 2.05) is 13.0 Å². The van der Waals surface area contributed by atoms with Gasteiger partial charge in [0.2, 0.25) is 11.8 Å². The molecule has 0 fully saturated rings. The highest BCUT2D eigenvalue weighted by Crippen LogP contribution is 2.32. The lowest BCUT2D eigenvalue weighted by Gasteiger charge is -2.08. The number of allylic oxidation sites excluding steroid dienone is 1. The van der Waals surface area contributed by atoms with Crippen LogP contribution in [0.2, 0.25) is 0 Å². The summed E-state index contributed by atoms with van der Waals surface area (Å²) >= 11 is 0. The van der Waals surface area contributed by atoms with Gasteiger partial charge in [-0.2, -0.15) is 0 Å². The molecule has 9 nitrogen and oxygen atoms in total. The molecule has 0 heterocycles. The first kappa shape index (κ1) is 28.2. The van der Waals surface area contributed by atoms with Crippen molar-refractivity contribution in [1.29, 1.82) is 0 Å². The second kappa shape index (κ2) is 17.7. The van der Waals surface area contributed by atoms with Gasteiger partial charge >= 0.3 is 0 Å². The molecule has 3 N–H and O–H groups in total. The van der Waals surface area contributed by atoms with Crippen molar-refractivity contribution in [3.05, 3.63) is 11.6 Å². The van der Waals surface area contributed by atoms with Gasteiger partial charge in [-0.1, -0.05) is 31.9 Å². The van der Waals surface area contributed by atoms with Crippen LogP contribution in [0.4, 0.5) is 0 Å². The molecule has 0 spiro atoms. The second-order valence-corrected chi connectivity index (χ2v) is 7.91. The summed E-state index contributed by atoms with van der Waals surface area (Å²) in [6.45, 7) is 7.41. The SMILES string of the molecule is CCCOCCOCC(=O)C1C=C1CCOCCOCC(=O)NCCCC[C@H](C)C(N)=O. The molecule has 0 radical (unpaired) electrons. The third-order valence-corrected chi connectivity index (χ3v) is 4.99. The average Bonchev–Trinajstić information content (AvgIpc) is 3.54. The van der Waals surface area contributed by atoms with E-state index in [2.05, 4.69) is 5.32 Å². The third-order valence-electron chi connectivity index (χ3n) is 4.99. The van der Waals surface area contributed by atoms with Gasteiger partial charge in [0.1, 0.15) is 13.2 Å². The molecular formula is C23H40N2O7. The number of hydrogen-bond donors (Lipinski definition) is 2. The number of nitrogens with two attached hydrogens (primary N) is 1. The van der Waals surface area contributed by atoms with E-state index in [0.717, 1.165) is 31.3 Å². The summed E-state index contributed by atoms with van der Waals surface area (Å²) in [6, 6.07) is 0. The molecule has 2 atom stereocenters. The van der Waals surface area contributed by atoms with Crippen molar-refractivity contribution < 1.29 is 33.3 Å². The smallest absolute Gasteiger partial charge is 0.245 e. The minimum atomic E-state index is -0.291. The Morgan fingerprint density at radius 2 is 1.62 bits per heavy atom. The summed E-state index contributed by atoms with van der Waals surface area (Å²) in [6.07, 6.45) is 5.99. The van der Waals surface area contributed by atoms with E-state index in [4.69, 9.17) is 24.7 Å². The van der Waals surface area contributed by atoms with Crippen molar-refractivity contribution in [3.63, 3.8) is 0 Å². The molecule has 9 heteroatoms. The van der Waals surface area contributed by atoms with Crippen molar-refractivity contribution in [2.45, 2.75) is 46.0 Å². The zero-order valence-electron chi connectivity index (χ0n) is 19.6. The molecule has 0 aromatic heterocycles. The fourth-order valence-corrected chi connectivity index (χ4v) is 2.90. The number of ketones is 1. The lowest BCUT2D eigenvalue weighted by atomic mass is 10.0. The van der Waals surface area contributed by atoms with Gasteiger partial charge in [0, 0.05) is 19.1 Å². The monoisotopic (exact) mass is 456 g/mol. The maximum atomic E-state index is 12.0. The van der Waals surface area contributed by atoms with Crippen molar-refractivity contribution in [2.75, 3.05) is 59.4 Å². The van der Waals surface area contributed by atoms with E-state index in [1.54, 1.807) is 6.92 Å².